The largest absolute Gasteiger partial charge is 0.340 e. The highest BCUT2D eigenvalue weighted by atomic mass is 15.1. The zero-order valence-electron chi connectivity index (χ0n) is 17.7. The Bertz CT molecular complexity index is 1080. The molecule has 4 aromatic rings. The Morgan fingerprint density at radius 3 is 2.14 bits per heavy atom. The first-order valence-corrected chi connectivity index (χ1v) is 10.4. The quantitative estimate of drug-likeness (QED) is 0.386. The molecule has 2 aromatic heterocycles. The van der Waals surface area contributed by atoms with Gasteiger partial charge in [0.05, 0.1) is 0 Å². The van der Waals surface area contributed by atoms with Crippen LogP contribution in [0.5, 0.6) is 0 Å². The summed E-state index contributed by atoms with van der Waals surface area (Å²) in [6, 6.07) is 23.5. The molecule has 0 amide bonds. The summed E-state index contributed by atoms with van der Waals surface area (Å²) in [4.78, 5) is 4.98. The number of aromatic nitrogens is 2. The topological polar surface area (TPSA) is 29.9 Å². The second kappa shape index (κ2) is 8.12. The summed E-state index contributed by atoms with van der Waals surface area (Å²) in [6.07, 6.45) is 2.12. The van der Waals surface area contributed by atoms with E-state index in [-0.39, 0.29) is 0 Å². The SMILES string of the molecule is CC(C)c1cccc(C(C)C)c1Nc1ccc2ccn(Cc3ccccc3)c2n1. The van der Waals surface area contributed by atoms with E-state index in [0.29, 0.717) is 11.8 Å². The van der Waals surface area contributed by atoms with E-state index in [4.69, 9.17) is 4.98 Å². The minimum Gasteiger partial charge on any atom is -0.340 e. The summed E-state index contributed by atoms with van der Waals surface area (Å²) in [5, 5.41) is 4.81. The molecule has 0 radical (unpaired) electrons. The van der Waals surface area contributed by atoms with E-state index in [1.807, 2.05) is 0 Å². The smallest absolute Gasteiger partial charge is 0.142 e. The highest BCUT2D eigenvalue weighted by molar-refractivity contribution is 5.79. The molecule has 0 unspecified atom stereocenters. The number of pyridine rings is 1. The van der Waals surface area contributed by atoms with Crippen molar-refractivity contribution in [2.45, 2.75) is 46.1 Å². The third-order valence-electron chi connectivity index (χ3n) is 5.43. The van der Waals surface area contributed by atoms with Gasteiger partial charge in [-0.1, -0.05) is 76.2 Å². The Labute approximate surface area is 173 Å². The summed E-state index contributed by atoms with van der Waals surface area (Å²) < 4.78 is 2.22. The fourth-order valence-electron chi connectivity index (χ4n) is 3.86. The number of nitrogens with zero attached hydrogens (tertiary/aromatic N) is 2. The van der Waals surface area contributed by atoms with Crippen molar-refractivity contribution in [3.63, 3.8) is 0 Å². The number of hydrogen-bond donors (Lipinski definition) is 1. The van der Waals surface area contributed by atoms with Crippen LogP contribution >= 0.6 is 0 Å². The van der Waals surface area contributed by atoms with Gasteiger partial charge in [-0.25, -0.2) is 4.98 Å². The molecule has 0 fully saturated rings. The normalized spacial score (nSPS) is 11.5. The van der Waals surface area contributed by atoms with Crippen LogP contribution in [0.3, 0.4) is 0 Å². The Morgan fingerprint density at radius 1 is 0.793 bits per heavy atom. The van der Waals surface area contributed by atoms with E-state index >= 15 is 0 Å². The van der Waals surface area contributed by atoms with E-state index in [1.165, 1.54) is 22.4 Å². The molecule has 0 aliphatic heterocycles. The van der Waals surface area contributed by atoms with Gasteiger partial charge < -0.3 is 9.88 Å². The molecule has 0 atom stereocenters. The van der Waals surface area contributed by atoms with Gasteiger partial charge >= 0.3 is 0 Å². The van der Waals surface area contributed by atoms with Crippen LogP contribution in [0.15, 0.2) is 72.9 Å². The fraction of sp³-hybridized carbons (Fsp3) is 0.269. The van der Waals surface area contributed by atoms with Crippen LogP contribution in [0.1, 0.15) is 56.2 Å². The van der Waals surface area contributed by atoms with Crippen molar-refractivity contribution in [2.75, 3.05) is 5.32 Å². The van der Waals surface area contributed by atoms with Crippen molar-refractivity contribution in [1.29, 1.82) is 0 Å². The lowest BCUT2D eigenvalue weighted by Crippen LogP contribution is -2.05. The molecule has 0 bridgehead atoms. The Kier molecular flexibility index (Phi) is 5.39. The number of rotatable bonds is 6. The third-order valence-corrected chi connectivity index (χ3v) is 5.43. The summed E-state index contributed by atoms with van der Waals surface area (Å²) >= 11 is 0. The van der Waals surface area contributed by atoms with Gasteiger partial charge in [-0.2, -0.15) is 0 Å². The number of anilines is 2. The fourth-order valence-corrected chi connectivity index (χ4v) is 3.86. The lowest BCUT2D eigenvalue weighted by atomic mass is 9.92. The predicted molar refractivity (Wildman–Crippen MR) is 123 cm³/mol. The first kappa shape index (κ1) is 19.3. The molecule has 29 heavy (non-hydrogen) atoms. The van der Waals surface area contributed by atoms with Gasteiger partial charge in [-0.3, -0.25) is 0 Å². The van der Waals surface area contributed by atoms with Crippen molar-refractivity contribution in [2.24, 2.45) is 0 Å². The zero-order chi connectivity index (χ0) is 20.4. The summed E-state index contributed by atoms with van der Waals surface area (Å²) in [5.41, 5.74) is 6.14. The minimum absolute atomic E-state index is 0.446. The maximum absolute atomic E-state index is 4.98. The zero-order valence-corrected chi connectivity index (χ0v) is 17.7. The van der Waals surface area contributed by atoms with Crippen molar-refractivity contribution in [3.05, 3.63) is 89.6 Å². The van der Waals surface area contributed by atoms with Gasteiger partial charge in [0.25, 0.3) is 0 Å². The summed E-state index contributed by atoms with van der Waals surface area (Å²) in [6.45, 7) is 9.79. The Morgan fingerprint density at radius 2 is 1.48 bits per heavy atom. The Balaban J connectivity index is 1.72. The number of nitrogens with one attached hydrogen (secondary N) is 1. The predicted octanol–water partition coefficient (Wildman–Crippen LogP) is 7.08. The lowest BCUT2D eigenvalue weighted by Gasteiger charge is -2.20. The van der Waals surface area contributed by atoms with Crippen LogP contribution in [-0.4, -0.2) is 9.55 Å². The van der Waals surface area contributed by atoms with Crippen molar-refractivity contribution >= 4 is 22.5 Å². The number of hydrogen-bond acceptors (Lipinski definition) is 2. The van der Waals surface area contributed by atoms with Gasteiger partial charge in [0.1, 0.15) is 11.5 Å². The van der Waals surface area contributed by atoms with Crippen LogP contribution in [0.4, 0.5) is 11.5 Å². The van der Waals surface area contributed by atoms with Gasteiger partial charge in [0, 0.05) is 23.8 Å². The third kappa shape index (κ3) is 4.04. The van der Waals surface area contributed by atoms with Crippen LogP contribution < -0.4 is 5.32 Å². The van der Waals surface area contributed by atoms with Crippen molar-refractivity contribution < 1.29 is 0 Å². The average Bonchev–Trinajstić information content (AvgIpc) is 3.10. The molecular weight excluding hydrogens is 354 g/mol. The molecule has 1 N–H and O–H groups in total. The lowest BCUT2D eigenvalue weighted by molar-refractivity contribution is 0.825. The molecule has 4 rings (SSSR count). The maximum Gasteiger partial charge on any atom is 0.142 e. The van der Waals surface area contributed by atoms with E-state index in [1.54, 1.807) is 0 Å². The van der Waals surface area contributed by atoms with Gasteiger partial charge in [-0.05, 0) is 46.7 Å². The first-order valence-electron chi connectivity index (χ1n) is 10.4. The maximum atomic E-state index is 4.98. The van der Waals surface area contributed by atoms with E-state index in [9.17, 15) is 0 Å². The van der Waals surface area contributed by atoms with Gasteiger partial charge in [0.2, 0.25) is 0 Å². The average molecular weight is 384 g/mol. The summed E-state index contributed by atoms with van der Waals surface area (Å²) in [7, 11) is 0. The standard InChI is InChI=1S/C26H29N3/c1-18(2)22-11-8-12-23(19(3)4)25(22)27-24-14-13-21-15-16-29(26(21)28-24)17-20-9-6-5-7-10-20/h5-16,18-19H,17H2,1-4H3,(H,27,28). The van der Waals surface area contributed by atoms with E-state index in [2.05, 4.69) is 111 Å². The molecule has 0 aliphatic rings. The van der Waals surface area contributed by atoms with Crippen LogP contribution in [0.25, 0.3) is 11.0 Å². The second-order valence-corrected chi connectivity index (χ2v) is 8.28. The highest BCUT2D eigenvalue weighted by Gasteiger charge is 2.15. The molecule has 2 aromatic carbocycles. The second-order valence-electron chi connectivity index (χ2n) is 8.28. The van der Waals surface area contributed by atoms with Crippen LogP contribution in [0, 0.1) is 0 Å². The minimum atomic E-state index is 0.446. The van der Waals surface area contributed by atoms with Crippen LogP contribution in [-0.2, 0) is 6.54 Å². The van der Waals surface area contributed by atoms with E-state index < -0.39 is 0 Å². The molecule has 148 valence electrons. The number of para-hydroxylation sites is 1. The van der Waals surface area contributed by atoms with E-state index in [0.717, 1.165) is 23.4 Å². The number of fused-ring (bicyclic) bond motifs is 1. The monoisotopic (exact) mass is 383 g/mol. The van der Waals surface area contributed by atoms with Gasteiger partial charge in [-0.15, -0.1) is 0 Å². The van der Waals surface area contributed by atoms with Crippen LogP contribution in [0.2, 0.25) is 0 Å². The number of benzene rings is 2. The molecule has 2 heterocycles. The molecular formula is C26H29N3. The highest BCUT2D eigenvalue weighted by Crippen LogP contribution is 2.34. The molecule has 0 saturated heterocycles. The molecule has 0 aliphatic carbocycles. The molecule has 3 heteroatoms. The molecule has 0 spiro atoms. The summed E-state index contributed by atoms with van der Waals surface area (Å²) in [5.74, 6) is 1.78. The van der Waals surface area contributed by atoms with Gasteiger partial charge in [0.15, 0.2) is 0 Å². The Hall–Kier alpha value is -3.07. The molecule has 0 saturated carbocycles. The van der Waals surface area contributed by atoms with Crippen molar-refractivity contribution in [1.82, 2.24) is 9.55 Å². The molecule has 3 nitrogen and oxygen atoms in total. The first-order chi connectivity index (χ1) is 14.0. The van der Waals surface area contributed by atoms with Crippen molar-refractivity contribution in [3.8, 4) is 0 Å².